The van der Waals surface area contributed by atoms with Crippen molar-refractivity contribution in [3.8, 4) is 0 Å². The number of hydrogen-bond acceptors (Lipinski definition) is 3. The van der Waals surface area contributed by atoms with Gasteiger partial charge in [0.1, 0.15) is 5.82 Å². The number of carbonyl (C=O) groups excluding carboxylic acids is 1. The van der Waals surface area contributed by atoms with Crippen molar-refractivity contribution >= 4 is 38.9 Å². The van der Waals surface area contributed by atoms with E-state index in [0.717, 1.165) is 31.4 Å². The molecule has 2 N–H and O–H groups in total. The third-order valence-corrected chi connectivity index (χ3v) is 6.65. The van der Waals surface area contributed by atoms with Crippen molar-refractivity contribution in [2.45, 2.75) is 24.2 Å². The van der Waals surface area contributed by atoms with Crippen LogP contribution in [0.4, 0.5) is 15.8 Å². The van der Waals surface area contributed by atoms with Crippen LogP contribution in [0.1, 0.15) is 27.9 Å². The third-order valence-electron chi connectivity index (χ3n) is 4.95. The molecule has 1 aliphatic carbocycles. The van der Waals surface area contributed by atoms with E-state index in [2.05, 4.69) is 10.0 Å². The van der Waals surface area contributed by atoms with Crippen LogP contribution in [-0.4, -0.2) is 14.3 Å². The summed E-state index contributed by atoms with van der Waals surface area (Å²) in [6.45, 7) is 0. The van der Waals surface area contributed by atoms with Crippen molar-refractivity contribution in [2.75, 3.05) is 10.0 Å². The quantitative estimate of drug-likeness (QED) is 0.580. The molecule has 0 heterocycles. The van der Waals surface area contributed by atoms with E-state index in [1.165, 1.54) is 41.5 Å². The Morgan fingerprint density at radius 3 is 2.37 bits per heavy atom. The summed E-state index contributed by atoms with van der Waals surface area (Å²) in [5.41, 5.74) is 3.37. The Kier molecular flexibility index (Phi) is 5.49. The number of benzene rings is 3. The molecular weight excluding hydrogens is 427 g/mol. The molecule has 0 atom stereocenters. The zero-order valence-electron chi connectivity index (χ0n) is 15.8. The van der Waals surface area contributed by atoms with Crippen molar-refractivity contribution in [3.05, 3.63) is 88.2 Å². The second kappa shape index (κ2) is 8.08. The molecule has 3 aromatic rings. The number of aryl methyl sites for hydroxylation is 2. The second-order valence-corrected chi connectivity index (χ2v) is 9.13. The number of halogens is 2. The molecule has 3 aromatic carbocycles. The van der Waals surface area contributed by atoms with E-state index in [9.17, 15) is 17.6 Å². The van der Waals surface area contributed by atoms with Gasteiger partial charge in [-0.05, 0) is 85.0 Å². The predicted molar refractivity (Wildman–Crippen MR) is 115 cm³/mol. The summed E-state index contributed by atoms with van der Waals surface area (Å²) in [5, 5.41) is 2.92. The van der Waals surface area contributed by atoms with Crippen molar-refractivity contribution in [3.63, 3.8) is 0 Å². The van der Waals surface area contributed by atoms with E-state index in [-0.39, 0.29) is 21.2 Å². The maximum absolute atomic E-state index is 13.0. The first-order valence-electron chi connectivity index (χ1n) is 9.33. The molecule has 0 bridgehead atoms. The fraction of sp³-hybridized carbons (Fsp3) is 0.136. The highest BCUT2D eigenvalue weighted by atomic mass is 35.5. The smallest absolute Gasteiger partial charge is 0.261 e. The standard InChI is InChI=1S/C22H18ClFN2O3S/c23-21-11-10-19(30(28,29)26-17-8-5-16(24)6-9-17)13-20(21)22(27)25-18-7-4-14-2-1-3-15(14)12-18/h4-13,26H,1-3H2,(H,25,27). The Morgan fingerprint density at radius 2 is 1.60 bits per heavy atom. The van der Waals surface area contributed by atoms with E-state index in [1.54, 1.807) is 0 Å². The number of anilines is 2. The molecule has 0 aromatic heterocycles. The Labute approximate surface area is 178 Å². The highest BCUT2D eigenvalue weighted by Gasteiger charge is 2.20. The van der Waals surface area contributed by atoms with E-state index < -0.39 is 21.7 Å². The molecule has 4 rings (SSSR count). The van der Waals surface area contributed by atoms with Crippen molar-refractivity contribution < 1.29 is 17.6 Å². The van der Waals surface area contributed by atoms with Gasteiger partial charge < -0.3 is 5.32 Å². The first kappa shape index (κ1) is 20.4. The molecule has 0 radical (unpaired) electrons. The fourth-order valence-electron chi connectivity index (χ4n) is 3.43. The summed E-state index contributed by atoms with van der Waals surface area (Å²) in [6.07, 6.45) is 3.11. The van der Waals surface area contributed by atoms with Crippen LogP contribution >= 0.6 is 11.6 Å². The lowest BCUT2D eigenvalue weighted by Gasteiger charge is -2.12. The lowest BCUT2D eigenvalue weighted by atomic mass is 10.1. The SMILES string of the molecule is O=C(Nc1ccc2c(c1)CCC2)c1cc(S(=O)(=O)Nc2ccc(F)cc2)ccc1Cl. The molecule has 5 nitrogen and oxygen atoms in total. The van der Waals surface area contributed by atoms with Gasteiger partial charge in [-0.1, -0.05) is 17.7 Å². The number of rotatable bonds is 5. The molecule has 0 saturated heterocycles. The Morgan fingerprint density at radius 1 is 0.900 bits per heavy atom. The van der Waals surface area contributed by atoms with Crippen LogP contribution in [0.3, 0.4) is 0 Å². The van der Waals surface area contributed by atoms with Gasteiger partial charge >= 0.3 is 0 Å². The summed E-state index contributed by atoms with van der Waals surface area (Å²) >= 11 is 6.16. The minimum atomic E-state index is -3.99. The van der Waals surface area contributed by atoms with Crippen LogP contribution in [0, 0.1) is 5.82 Å². The summed E-state index contributed by atoms with van der Waals surface area (Å²) in [6, 6.07) is 14.6. The van der Waals surface area contributed by atoms with E-state index in [0.29, 0.717) is 5.69 Å². The highest BCUT2D eigenvalue weighted by molar-refractivity contribution is 7.92. The summed E-state index contributed by atoms with van der Waals surface area (Å²) in [5.74, 6) is -0.980. The van der Waals surface area contributed by atoms with Gasteiger partial charge in [0.15, 0.2) is 0 Å². The van der Waals surface area contributed by atoms with Crippen molar-refractivity contribution in [2.24, 2.45) is 0 Å². The summed E-state index contributed by atoms with van der Waals surface area (Å²) < 4.78 is 40.8. The number of hydrogen-bond donors (Lipinski definition) is 2. The van der Waals surface area contributed by atoms with Crippen molar-refractivity contribution in [1.82, 2.24) is 0 Å². The first-order chi connectivity index (χ1) is 14.3. The molecule has 0 saturated carbocycles. The maximum Gasteiger partial charge on any atom is 0.261 e. The molecule has 154 valence electrons. The summed E-state index contributed by atoms with van der Waals surface area (Å²) in [4.78, 5) is 12.6. The molecular formula is C22H18ClFN2O3S. The van der Waals surface area contributed by atoms with Crippen molar-refractivity contribution in [1.29, 1.82) is 0 Å². The van der Waals surface area contributed by atoms with Crippen LogP contribution in [-0.2, 0) is 22.9 Å². The van der Waals surface area contributed by atoms with Crippen LogP contribution in [0.2, 0.25) is 5.02 Å². The van der Waals surface area contributed by atoms with Gasteiger partial charge in [-0.15, -0.1) is 0 Å². The first-order valence-corrected chi connectivity index (χ1v) is 11.2. The Bertz CT molecular complexity index is 1230. The van der Waals surface area contributed by atoms with E-state index in [4.69, 9.17) is 11.6 Å². The second-order valence-electron chi connectivity index (χ2n) is 7.05. The van der Waals surface area contributed by atoms with Crippen LogP contribution in [0.5, 0.6) is 0 Å². The third kappa shape index (κ3) is 4.32. The minimum absolute atomic E-state index is 0.0409. The van der Waals surface area contributed by atoms with Gasteiger partial charge in [-0.2, -0.15) is 0 Å². The van der Waals surface area contributed by atoms with Gasteiger partial charge in [-0.3, -0.25) is 9.52 Å². The zero-order valence-corrected chi connectivity index (χ0v) is 17.4. The average molecular weight is 445 g/mol. The van der Waals surface area contributed by atoms with Gasteiger partial charge in [0, 0.05) is 11.4 Å². The fourth-order valence-corrected chi connectivity index (χ4v) is 4.71. The number of fused-ring (bicyclic) bond motifs is 1. The number of sulfonamides is 1. The highest BCUT2D eigenvalue weighted by Crippen LogP contribution is 2.27. The largest absolute Gasteiger partial charge is 0.322 e. The maximum atomic E-state index is 13.0. The van der Waals surface area contributed by atoms with E-state index >= 15 is 0 Å². The molecule has 1 aliphatic rings. The van der Waals surface area contributed by atoms with Crippen LogP contribution < -0.4 is 10.0 Å². The molecule has 0 fully saturated rings. The van der Waals surface area contributed by atoms with Gasteiger partial charge in [-0.25, -0.2) is 12.8 Å². The molecule has 0 spiro atoms. The Balaban J connectivity index is 1.57. The van der Waals surface area contributed by atoms with Gasteiger partial charge in [0.05, 0.1) is 15.5 Å². The molecule has 30 heavy (non-hydrogen) atoms. The molecule has 8 heteroatoms. The lowest BCUT2D eigenvalue weighted by molar-refractivity contribution is 0.102. The molecule has 0 unspecified atom stereocenters. The molecule has 1 amide bonds. The number of amides is 1. The van der Waals surface area contributed by atoms with Gasteiger partial charge in [0.2, 0.25) is 0 Å². The topological polar surface area (TPSA) is 75.3 Å². The summed E-state index contributed by atoms with van der Waals surface area (Å²) in [7, 11) is -3.99. The normalized spacial score (nSPS) is 13.0. The molecule has 0 aliphatic heterocycles. The van der Waals surface area contributed by atoms with Crippen LogP contribution in [0.25, 0.3) is 0 Å². The Hall–Kier alpha value is -2.90. The van der Waals surface area contributed by atoms with Crippen LogP contribution in [0.15, 0.2) is 65.6 Å². The average Bonchev–Trinajstić information content (AvgIpc) is 3.17. The van der Waals surface area contributed by atoms with E-state index in [1.807, 2.05) is 18.2 Å². The number of nitrogens with one attached hydrogen (secondary N) is 2. The zero-order chi connectivity index (χ0) is 21.3. The lowest BCUT2D eigenvalue weighted by Crippen LogP contribution is -2.16. The number of carbonyl (C=O) groups is 1. The van der Waals surface area contributed by atoms with Gasteiger partial charge in [0.25, 0.3) is 15.9 Å². The predicted octanol–water partition coefficient (Wildman–Crippen LogP) is 5.02. The monoisotopic (exact) mass is 444 g/mol. The minimum Gasteiger partial charge on any atom is -0.322 e.